The number of nitrogens with two attached hydrogens (primary N) is 1. The number of imidazole rings is 1. The number of nitrogens with zero attached hydrogens (tertiary/aromatic N) is 4. The van der Waals surface area contributed by atoms with Gasteiger partial charge in [0, 0.05) is 0 Å². The summed E-state index contributed by atoms with van der Waals surface area (Å²) in [6.45, 7) is 4.05. The maximum atomic E-state index is 11.3. The Hall–Kier alpha value is -1.91. The Kier molecular flexibility index (Phi) is 5.35. The number of carboxylic acids is 1. The maximum absolute atomic E-state index is 11.3. The van der Waals surface area contributed by atoms with Crippen molar-refractivity contribution in [3.8, 4) is 0 Å². The molecule has 0 saturated carbocycles. The second kappa shape index (κ2) is 7.37. The fraction of sp³-hybridized carbons (Fsp3) is 0.571. The minimum absolute atomic E-state index is 0.0715. The second-order valence-corrected chi connectivity index (χ2v) is 9.00. The molecular formula is C14H23N6O5P. The van der Waals surface area contributed by atoms with E-state index < -0.39 is 19.9 Å². The van der Waals surface area contributed by atoms with Crippen LogP contribution in [0.25, 0.3) is 11.2 Å². The molecule has 0 bridgehead atoms. The van der Waals surface area contributed by atoms with Crippen molar-refractivity contribution in [3.63, 3.8) is 0 Å². The molecule has 5 N–H and O–H groups in total. The van der Waals surface area contributed by atoms with Crippen LogP contribution in [0.1, 0.15) is 13.8 Å². The second-order valence-electron chi connectivity index (χ2n) is 6.56. The fourth-order valence-corrected chi connectivity index (χ4v) is 4.86. The third-order valence-electron chi connectivity index (χ3n) is 4.17. The van der Waals surface area contributed by atoms with Crippen LogP contribution in [0.2, 0.25) is 0 Å². The molecule has 3 rings (SSSR count). The molecule has 1 saturated heterocycles. The summed E-state index contributed by atoms with van der Waals surface area (Å²) in [5.41, 5.74) is 6.86. The van der Waals surface area contributed by atoms with Crippen LogP contribution in [0, 0.1) is 5.92 Å². The molecule has 11 nitrogen and oxygen atoms in total. The summed E-state index contributed by atoms with van der Waals surface area (Å²) in [6, 6.07) is -0.899. The molecule has 2 aromatic heterocycles. The number of aliphatic carboxylic acids is 1. The van der Waals surface area contributed by atoms with E-state index in [-0.39, 0.29) is 25.0 Å². The van der Waals surface area contributed by atoms with Gasteiger partial charge < -0.3 is 0 Å². The summed E-state index contributed by atoms with van der Waals surface area (Å²) in [4.78, 5) is 34.1. The van der Waals surface area contributed by atoms with Crippen LogP contribution in [0.5, 0.6) is 0 Å². The molecule has 0 unspecified atom stereocenters. The molecule has 0 radical (unpaired) electrons. The number of hydrogen-bond donors (Lipinski definition) is 4. The number of hydrogen-bond acceptors (Lipinski definition) is 9. The van der Waals surface area contributed by atoms with E-state index in [1.807, 2.05) is 0 Å². The molecule has 0 aliphatic carbocycles. The quantitative estimate of drug-likeness (QED) is 0.497. The molecule has 1 fully saturated rings. The Balaban J connectivity index is 1.63. The Morgan fingerprint density at radius 3 is 2.88 bits per heavy atom. The van der Waals surface area contributed by atoms with E-state index >= 15 is 0 Å². The van der Waals surface area contributed by atoms with Gasteiger partial charge in [-0.3, -0.25) is 0 Å². The van der Waals surface area contributed by atoms with Crippen LogP contribution in [0.15, 0.2) is 12.7 Å². The fourth-order valence-electron chi connectivity index (χ4n) is 2.75. The number of anilines is 1. The molecular weight excluding hydrogens is 363 g/mol. The number of fused-ring (bicyclic) bond motifs is 1. The monoisotopic (exact) mass is 386 g/mol. The number of nitrogen functional groups attached to an aromatic ring is 1. The van der Waals surface area contributed by atoms with Crippen LogP contribution in [-0.4, -0.2) is 60.6 Å². The first kappa shape index (κ1) is 18.9. The standard InChI is InChI=1S/C14H23N6O5P/c1-8(2)10(14(21)22)19-26(23)7-24-9(4-25-26)3-20-6-18-11-12(15)16-5-17-13(11)20/h5-6,8-10,19,23,26H,3-4,7H2,1-2H3,(H,21,22)(H2,15,16,17)/t9-,10-/m0/s1. The summed E-state index contributed by atoms with van der Waals surface area (Å²) in [6.07, 6.45) is 2.55. The zero-order chi connectivity index (χ0) is 18.9. The van der Waals surface area contributed by atoms with Crippen LogP contribution in [0.3, 0.4) is 0 Å². The summed E-state index contributed by atoms with van der Waals surface area (Å²) in [5.74, 6) is -0.935. The molecule has 12 heteroatoms. The van der Waals surface area contributed by atoms with E-state index in [1.165, 1.54) is 6.33 Å². The van der Waals surface area contributed by atoms with Crippen LogP contribution in [-0.2, 0) is 20.6 Å². The third-order valence-corrected chi connectivity index (χ3v) is 6.13. The van der Waals surface area contributed by atoms with Crippen molar-refractivity contribution in [1.82, 2.24) is 24.6 Å². The van der Waals surface area contributed by atoms with E-state index in [1.54, 1.807) is 24.7 Å². The number of nitrogens with one attached hydrogen (secondary N) is 1. The van der Waals surface area contributed by atoms with Gasteiger partial charge in [0.25, 0.3) is 0 Å². The molecule has 1 aliphatic rings. The number of aromatic nitrogens is 4. The predicted molar refractivity (Wildman–Crippen MR) is 95.4 cm³/mol. The number of carboxylic acid groups (broad SMARTS) is 1. The van der Waals surface area contributed by atoms with Crippen LogP contribution in [0.4, 0.5) is 5.82 Å². The summed E-state index contributed by atoms with van der Waals surface area (Å²) in [5, 5.41) is 12.0. The van der Waals surface area contributed by atoms with Gasteiger partial charge in [-0.15, -0.1) is 0 Å². The van der Waals surface area contributed by atoms with Crippen molar-refractivity contribution in [2.24, 2.45) is 5.92 Å². The molecule has 26 heavy (non-hydrogen) atoms. The topological polar surface area (TPSA) is 158 Å². The van der Waals surface area contributed by atoms with E-state index in [2.05, 4.69) is 20.0 Å². The van der Waals surface area contributed by atoms with Crippen molar-refractivity contribution in [3.05, 3.63) is 12.7 Å². The van der Waals surface area contributed by atoms with Gasteiger partial charge in [-0.25, -0.2) is 0 Å². The van der Waals surface area contributed by atoms with Crippen molar-refractivity contribution in [2.75, 3.05) is 18.7 Å². The predicted octanol–water partition coefficient (Wildman–Crippen LogP) is -0.0326. The summed E-state index contributed by atoms with van der Waals surface area (Å²) in [7, 11) is -3.45. The van der Waals surface area contributed by atoms with Gasteiger partial charge in [-0.2, -0.15) is 0 Å². The summed E-state index contributed by atoms with van der Waals surface area (Å²) < 4.78 is 13.1. The van der Waals surface area contributed by atoms with E-state index in [4.69, 9.17) is 15.0 Å². The molecule has 0 spiro atoms. The molecule has 3 heterocycles. The Morgan fingerprint density at radius 2 is 2.27 bits per heavy atom. The first-order valence-electron chi connectivity index (χ1n) is 8.19. The Morgan fingerprint density at radius 1 is 1.50 bits per heavy atom. The average molecular weight is 386 g/mol. The molecule has 2 aromatic rings. The SMILES string of the molecule is CC(C)[C@H](N[PH]1(O)CO[C@@H](Cn2cnc3c(N)ncnc32)CO1)C(=O)O. The Bertz CT molecular complexity index is 791. The number of carbonyl (C=O) groups is 1. The van der Waals surface area contributed by atoms with Gasteiger partial charge >= 0.3 is 149 Å². The van der Waals surface area contributed by atoms with E-state index in [0.29, 0.717) is 23.5 Å². The molecule has 0 aromatic carbocycles. The van der Waals surface area contributed by atoms with Gasteiger partial charge in [0.1, 0.15) is 0 Å². The van der Waals surface area contributed by atoms with Crippen LogP contribution < -0.4 is 10.8 Å². The first-order valence-corrected chi connectivity index (χ1v) is 10.2. The van der Waals surface area contributed by atoms with Crippen molar-refractivity contribution < 1.29 is 24.1 Å². The van der Waals surface area contributed by atoms with Gasteiger partial charge in [0.05, 0.1) is 0 Å². The normalized spacial score (nSPS) is 22.4. The van der Waals surface area contributed by atoms with Gasteiger partial charge in [0.15, 0.2) is 0 Å². The zero-order valence-corrected chi connectivity index (χ0v) is 15.5. The van der Waals surface area contributed by atoms with Gasteiger partial charge in [-0.1, -0.05) is 0 Å². The van der Waals surface area contributed by atoms with E-state index in [9.17, 15) is 14.8 Å². The summed E-state index contributed by atoms with van der Waals surface area (Å²) >= 11 is 0. The minimum atomic E-state index is -3.45. The molecule has 1 aliphatic heterocycles. The Labute approximate surface area is 150 Å². The first-order chi connectivity index (χ1) is 12.3. The number of rotatable bonds is 6. The zero-order valence-electron chi connectivity index (χ0n) is 14.5. The molecule has 0 amide bonds. The van der Waals surface area contributed by atoms with Crippen molar-refractivity contribution in [2.45, 2.75) is 32.5 Å². The van der Waals surface area contributed by atoms with Crippen molar-refractivity contribution >= 4 is 30.8 Å². The van der Waals surface area contributed by atoms with Crippen molar-refractivity contribution in [1.29, 1.82) is 0 Å². The van der Waals surface area contributed by atoms with Gasteiger partial charge in [0.2, 0.25) is 0 Å². The molecule has 144 valence electrons. The number of ether oxygens (including phenoxy) is 1. The molecule has 2 atom stereocenters. The van der Waals surface area contributed by atoms with Gasteiger partial charge in [-0.05, 0) is 0 Å². The van der Waals surface area contributed by atoms with E-state index in [0.717, 1.165) is 0 Å². The average Bonchev–Trinajstić information content (AvgIpc) is 2.99. The third kappa shape index (κ3) is 3.92. The van der Waals surface area contributed by atoms with Crippen LogP contribution >= 0.6 is 7.87 Å².